The van der Waals surface area contributed by atoms with Gasteiger partial charge in [-0.15, -0.1) is 0 Å². The number of unbranched alkanes of at least 4 members (excludes halogenated alkanes) is 2. The van der Waals surface area contributed by atoms with Gasteiger partial charge in [-0.05, 0) is 51.4 Å². The van der Waals surface area contributed by atoms with E-state index in [-0.39, 0.29) is 11.7 Å². The third-order valence-corrected chi connectivity index (χ3v) is 5.30. The van der Waals surface area contributed by atoms with Crippen LogP contribution in [0.1, 0.15) is 72.1 Å². The second-order valence-electron chi connectivity index (χ2n) is 7.13. The first-order valence-electron chi connectivity index (χ1n) is 9.02. The smallest absolute Gasteiger partial charge is 0.157 e. The van der Waals surface area contributed by atoms with Crippen molar-refractivity contribution in [3.8, 4) is 0 Å². The quantitative estimate of drug-likeness (QED) is 0.646. The molecule has 3 heteroatoms. The molecule has 0 aromatic carbocycles. The normalized spacial score (nSPS) is 37.6. The Kier molecular flexibility index (Phi) is 6.97. The molecular weight excluding hydrogens is 264 g/mol. The van der Waals surface area contributed by atoms with Crippen molar-refractivity contribution in [3.05, 3.63) is 0 Å². The van der Waals surface area contributed by atoms with Crippen LogP contribution in [0.5, 0.6) is 0 Å². The Morgan fingerprint density at radius 3 is 2.24 bits per heavy atom. The fourth-order valence-electron chi connectivity index (χ4n) is 3.78. The molecule has 0 spiro atoms. The Hall–Kier alpha value is -0.120. The lowest BCUT2D eigenvalue weighted by atomic mass is 9.70. The third kappa shape index (κ3) is 4.94. The monoisotopic (exact) mass is 298 g/mol. The molecule has 0 N–H and O–H groups in total. The minimum atomic E-state index is 0.0457. The molecule has 0 aromatic heterocycles. The Morgan fingerprint density at radius 1 is 1.00 bits per heavy atom. The van der Waals surface area contributed by atoms with Crippen LogP contribution >= 0.6 is 0 Å². The Morgan fingerprint density at radius 2 is 1.67 bits per heavy atom. The summed E-state index contributed by atoms with van der Waals surface area (Å²) in [7, 11) is 0. The highest BCUT2D eigenvalue weighted by atomic mass is 16.7. The summed E-state index contributed by atoms with van der Waals surface area (Å²) in [6, 6.07) is 0. The molecule has 1 heterocycles. The molecule has 0 amide bonds. The zero-order valence-corrected chi connectivity index (χ0v) is 14.2. The number of hydrogen-bond donors (Lipinski definition) is 0. The van der Waals surface area contributed by atoms with E-state index in [0.717, 1.165) is 32.2 Å². The van der Waals surface area contributed by atoms with Gasteiger partial charge in [0.1, 0.15) is 0 Å². The molecule has 0 bridgehead atoms. The molecule has 21 heavy (non-hydrogen) atoms. The van der Waals surface area contributed by atoms with Crippen LogP contribution in [0.2, 0.25) is 0 Å². The van der Waals surface area contributed by atoms with Crippen molar-refractivity contribution in [2.45, 2.75) is 84.5 Å². The topological polar surface area (TPSA) is 27.7 Å². The SMILES string of the molecule is CCCCCC1OCC(C)(C2CCC(OCC)CC2)CO1. The van der Waals surface area contributed by atoms with Crippen molar-refractivity contribution in [3.63, 3.8) is 0 Å². The standard InChI is InChI=1S/C18H34O3/c1-4-6-7-8-17-20-13-18(3,14-21-17)15-9-11-16(12-10-15)19-5-2/h15-17H,4-14H2,1-3H3. The van der Waals surface area contributed by atoms with Crippen LogP contribution in [0.25, 0.3) is 0 Å². The maximum atomic E-state index is 6.01. The highest BCUT2D eigenvalue weighted by Gasteiger charge is 2.41. The molecule has 2 rings (SSSR count). The van der Waals surface area contributed by atoms with E-state index >= 15 is 0 Å². The molecule has 0 radical (unpaired) electrons. The van der Waals surface area contributed by atoms with Gasteiger partial charge in [0.05, 0.1) is 19.3 Å². The highest BCUT2D eigenvalue weighted by Crippen LogP contribution is 2.42. The largest absolute Gasteiger partial charge is 0.379 e. The van der Waals surface area contributed by atoms with Gasteiger partial charge in [0.2, 0.25) is 0 Å². The average molecular weight is 298 g/mol. The van der Waals surface area contributed by atoms with Crippen molar-refractivity contribution < 1.29 is 14.2 Å². The van der Waals surface area contributed by atoms with Gasteiger partial charge >= 0.3 is 0 Å². The Labute approximate surface area is 130 Å². The van der Waals surface area contributed by atoms with E-state index in [1.807, 2.05) is 0 Å². The molecule has 0 aromatic rings. The van der Waals surface area contributed by atoms with E-state index in [1.165, 1.54) is 44.9 Å². The molecule has 1 aliphatic carbocycles. The molecular formula is C18H34O3. The number of ether oxygens (including phenoxy) is 3. The van der Waals surface area contributed by atoms with Crippen LogP contribution in [0.3, 0.4) is 0 Å². The van der Waals surface area contributed by atoms with Gasteiger partial charge in [-0.2, -0.15) is 0 Å². The summed E-state index contributed by atoms with van der Waals surface area (Å²) in [5.41, 5.74) is 0.207. The average Bonchev–Trinajstić information content (AvgIpc) is 2.51. The third-order valence-electron chi connectivity index (χ3n) is 5.30. The van der Waals surface area contributed by atoms with E-state index in [4.69, 9.17) is 14.2 Å². The molecule has 2 aliphatic rings. The number of rotatable bonds is 7. The first kappa shape index (κ1) is 17.2. The van der Waals surface area contributed by atoms with Crippen molar-refractivity contribution in [2.24, 2.45) is 11.3 Å². The minimum absolute atomic E-state index is 0.0457. The molecule has 0 unspecified atom stereocenters. The molecule has 3 nitrogen and oxygen atoms in total. The van der Waals surface area contributed by atoms with Crippen molar-refractivity contribution >= 4 is 0 Å². The molecule has 1 saturated carbocycles. The maximum absolute atomic E-state index is 6.01. The summed E-state index contributed by atoms with van der Waals surface area (Å²) in [4.78, 5) is 0. The van der Waals surface area contributed by atoms with E-state index in [1.54, 1.807) is 0 Å². The summed E-state index contributed by atoms with van der Waals surface area (Å²) in [6.45, 7) is 9.26. The van der Waals surface area contributed by atoms with Crippen LogP contribution in [0.15, 0.2) is 0 Å². The Bertz CT molecular complexity index is 276. The van der Waals surface area contributed by atoms with Crippen LogP contribution in [0, 0.1) is 11.3 Å². The summed E-state index contributed by atoms with van der Waals surface area (Å²) in [5.74, 6) is 0.728. The van der Waals surface area contributed by atoms with Crippen molar-refractivity contribution in [1.29, 1.82) is 0 Å². The van der Waals surface area contributed by atoms with Crippen molar-refractivity contribution in [1.82, 2.24) is 0 Å². The number of hydrogen-bond acceptors (Lipinski definition) is 3. The second-order valence-corrected chi connectivity index (χ2v) is 7.13. The lowest BCUT2D eigenvalue weighted by Crippen LogP contribution is -2.46. The van der Waals surface area contributed by atoms with Gasteiger partial charge in [-0.25, -0.2) is 0 Å². The fourth-order valence-corrected chi connectivity index (χ4v) is 3.78. The molecule has 1 aliphatic heterocycles. The van der Waals surface area contributed by atoms with Crippen molar-refractivity contribution in [2.75, 3.05) is 19.8 Å². The maximum Gasteiger partial charge on any atom is 0.157 e. The van der Waals surface area contributed by atoms with Gasteiger partial charge in [0, 0.05) is 12.0 Å². The predicted molar refractivity (Wildman–Crippen MR) is 85.3 cm³/mol. The minimum Gasteiger partial charge on any atom is -0.379 e. The van der Waals surface area contributed by atoms with E-state index in [9.17, 15) is 0 Å². The van der Waals surface area contributed by atoms with Crippen LogP contribution in [0.4, 0.5) is 0 Å². The Balaban J connectivity index is 1.72. The van der Waals surface area contributed by atoms with Gasteiger partial charge in [-0.3, -0.25) is 0 Å². The fraction of sp³-hybridized carbons (Fsp3) is 1.00. The van der Waals surface area contributed by atoms with Crippen LogP contribution in [-0.4, -0.2) is 32.2 Å². The summed E-state index contributed by atoms with van der Waals surface area (Å²) < 4.78 is 17.8. The van der Waals surface area contributed by atoms with Crippen LogP contribution < -0.4 is 0 Å². The summed E-state index contributed by atoms with van der Waals surface area (Å²) in [6.07, 6.45) is 10.3. The highest BCUT2D eigenvalue weighted by molar-refractivity contribution is 4.88. The van der Waals surface area contributed by atoms with Gasteiger partial charge < -0.3 is 14.2 Å². The van der Waals surface area contributed by atoms with Gasteiger partial charge in [0.15, 0.2) is 6.29 Å². The lowest BCUT2D eigenvalue weighted by molar-refractivity contribution is -0.242. The second kappa shape index (κ2) is 8.50. The first-order valence-corrected chi connectivity index (χ1v) is 9.02. The zero-order valence-electron chi connectivity index (χ0n) is 14.2. The van der Waals surface area contributed by atoms with E-state index < -0.39 is 0 Å². The summed E-state index contributed by atoms with van der Waals surface area (Å²) in [5, 5.41) is 0. The van der Waals surface area contributed by atoms with Crippen LogP contribution in [-0.2, 0) is 14.2 Å². The first-order chi connectivity index (χ1) is 10.2. The zero-order chi connectivity index (χ0) is 15.1. The molecule has 0 atom stereocenters. The van der Waals surface area contributed by atoms with E-state index in [0.29, 0.717) is 6.10 Å². The van der Waals surface area contributed by atoms with Gasteiger partial charge in [-0.1, -0.05) is 26.7 Å². The predicted octanol–water partition coefficient (Wildman–Crippen LogP) is 4.54. The van der Waals surface area contributed by atoms with Gasteiger partial charge in [0.25, 0.3) is 0 Å². The lowest BCUT2D eigenvalue weighted by Gasteiger charge is -2.45. The summed E-state index contributed by atoms with van der Waals surface area (Å²) >= 11 is 0. The molecule has 1 saturated heterocycles. The molecule has 2 fully saturated rings. The molecule has 124 valence electrons. The van der Waals surface area contributed by atoms with E-state index in [2.05, 4.69) is 20.8 Å².